The van der Waals surface area contributed by atoms with Crippen molar-refractivity contribution in [1.29, 1.82) is 0 Å². The van der Waals surface area contributed by atoms with Crippen LogP contribution in [0.1, 0.15) is 10.5 Å². The topological polar surface area (TPSA) is 70.1 Å². The Morgan fingerprint density at radius 2 is 2.27 bits per heavy atom. The van der Waals surface area contributed by atoms with E-state index in [1.807, 2.05) is 0 Å². The number of carbonyl (C=O) groups excluding carboxylic acids is 1. The molecule has 5 nitrogen and oxygen atoms in total. The number of hydrogen-bond acceptors (Lipinski definition) is 4. The van der Waals surface area contributed by atoms with Gasteiger partial charge in [0, 0.05) is 0 Å². The normalized spacial score (nSPS) is 11.5. The molecule has 0 saturated heterocycles. The van der Waals surface area contributed by atoms with Gasteiger partial charge in [-0.05, 0) is 0 Å². The number of alkyl halides is 3. The zero-order valence-electron chi connectivity index (χ0n) is 7.71. The third-order valence-corrected chi connectivity index (χ3v) is 1.61. The summed E-state index contributed by atoms with van der Waals surface area (Å²) in [5, 5.41) is 0. The van der Waals surface area contributed by atoms with Crippen molar-refractivity contribution in [1.82, 2.24) is 9.55 Å². The molecule has 0 fully saturated rings. The van der Waals surface area contributed by atoms with Crippen LogP contribution in [0.15, 0.2) is 6.33 Å². The summed E-state index contributed by atoms with van der Waals surface area (Å²) in [6.07, 6.45) is -3.57. The van der Waals surface area contributed by atoms with Crippen LogP contribution in [0, 0.1) is 0 Å². The van der Waals surface area contributed by atoms with Crippen molar-refractivity contribution in [2.24, 2.45) is 0 Å². The summed E-state index contributed by atoms with van der Waals surface area (Å²) in [5.41, 5.74) is 4.97. The summed E-state index contributed by atoms with van der Waals surface area (Å²) in [4.78, 5) is 14.4. The van der Waals surface area contributed by atoms with E-state index in [4.69, 9.17) is 5.73 Å². The second-order valence-corrected chi connectivity index (χ2v) is 2.71. The van der Waals surface area contributed by atoms with E-state index >= 15 is 0 Å². The number of rotatable bonds is 2. The number of aromatic nitrogens is 2. The molecular formula is C7H8F3N3O2. The standard InChI is InChI=1S/C7H8F3N3O2/c1-15-6(14)4-5(11)13(3-12-4)2-7(8,9)10/h3H,2,11H2,1H3. The van der Waals surface area contributed by atoms with Crippen molar-refractivity contribution >= 4 is 11.8 Å². The Morgan fingerprint density at radius 3 is 2.73 bits per heavy atom. The highest BCUT2D eigenvalue weighted by molar-refractivity contribution is 5.91. The maximum Gasteiger partial charge on any atom is 0.406 e. The first kappa shape index (κ1) is 11.3. The molecular weight excluding hydrogens is 215 g/mol. The lowest BCUT2D eigenvalue weighted by Gasteiger charge is -2.08. The molecule has 15 heavy (non-hydrogen) atoms. The van der Waals surface area contributed by atoms with E-state index in [0.717, 1.165) is 13.4 Å². The molecule has 84 valence electrons. The SMILES string of the molecule is COC(=O)c1ncn(CC(F)(F)F)c1N. The minimum Gasteiger partial charge on any atom is -0.464 e. The molecule has 0 radical (unpaired) electrons. The molecule has 0 amide bonds. The van der Waals surface area contributed by atoms with E-state index in [2.05, 4.69) is 9.72 Å². The van der Waals surface area contributed by atoms with Crippen molar-refractivity contribution < 1.29 is 22.7 Å². The predicted molar refractivity (Wildman–Crippen MR) is 44.0 cm³/mol. The number of nitrogens with two attached hydrogens (primary N) is 1. The van der Waals surface area contributed by atoms with Gasteiger partial charge in [0.05, 0.1) is 13.4 Å². The Hall–Kier alpha value is -1.73. The van der Waals surface area contributed by atoms with Gasteiger partial charge in [-0.25, -0.2) is 9.78 Å². The highest BCUT2D eigenvalue weighted by Crippen LogP contribution is 2.21. The molecule has 0 aliphatic rings. The van der Waals surface area contributed by atoms with Gasteiger partial charge in [-0.3, -0.25) is 0 Å². The smallest absolute Gasteiger partial charge is 0.406 e. The molecule has 1 aromatic heterocycles. The van der Waals surface area contributed by atoms with E-state index in [1.54, 1.807) is 0 Å². The second-order valence-electron chi connectivity index (χ2n) is 2.71. The number of imidazole rings is 1. The van der Waals surface area contributed by atoms with Crippen LogP contribution >= 0.6 is 0 Å². The molecule has 0 unspecified atom stereocenters. The van der Waals surface area contributed by atoms with E-state index in [0.29, 0.717) is 4.57 Å². The van der Waals surface area contributed by atoms with Crippen LogP contribution in [0.4, 0.5) is 19.0 Å². The average Bonchev–Trinajstić information content (AvgIpc) is 2.45. The van der Waals surface area contributed by atoms with E-state index in [9.17, 15) is 18.0 Å². The maximum absolute atomic E-state index is 12.0. The average molecular weight is 223 g/mol. The largest absolute Gasteiger partial charge is 0.464 e. The Balaban J connectivity index is 2.94. The predicted octanol–water partition coefficient (Wildman–Crippen LogP) is 0.814. The molecule has 0 spiro atoms. The van der Waals surface area contributed by atoms with Gasteiger partial charge in [-0.2, -0.15) is 13.2 Å². The van der Waals surface area contributed by atoms with Crippen molar-refractivity contribution in [3.05, 3.63) is 12.0 Å². The number of ether oxygens (including phenoxy) is 1. The number of nitrogens with zero attached hydrogens (tertiary/aromatic N) is 2. The van der Waals surface area contributed by atoms with Gasteiger partial charge >= 0.3 is 12.1 Å². The number of carbonyl (C=O) groups is 1. The van der Waals surface area contributed by atoms with Gasteiger partial charge in [-0.1, -0.05) is 0 Å². The summed E-state index contributed by atoms with van der Waals surface area (Å²) in [6.45, 7) is -1.29. The first-order chi connectivity index (χ1) is 6.85. The van der Waals surface area contributed by atoms with Crippen LogP contribution in [0.25, 0.3) is 0 Å². The molecule has 0 saturated carbocycles. The molecule has 1 heterocycles. The first-order valence-electron chi connectivity index (χ1n) is 3.81. The third-order valence-electron chi connectivity index (χ3n) is 1.61. The number of esters is 1. The molecule has 1 rings (SSSR count). The highest BCUT2D eigenvalue weighted by atomic mass is 19.4. The molecule has 0 aromatic carbocycles. The summed E-state index contributed by atoms with van der Waals surface area (Å²) >= 11 is 0. The highest BCUT2D eigenvalue weighted by Gasteiger charge is 2.30. The fraction of sp³-hybridized carbons (Fsp3) is 0.429. The second kappa shape index (κ2) is 3.79. The van der Waals surface area contributed by atoms with E-state index in [1.165, 1.54) is 0 Å². The van der Waals surface area contributed by atoms with Crippen LogP contribution in [-0.2, 0) is 11.3 Å². The van der Waals surface area contributed by atoms with Crippen LogP contribution in [0.2, 0.25) is 0 Å². The summed E-state index contributed by atoms with van der Waals surface area (Å²) in [5.74, 6) is -1.23. The van der Waals surface area contributed by atoms with Crippen molar-refractivity contribution in [2.45, 2.75) is 12.7 Å². The molecule has 1 aromatic rings. The zero-order chi connectivity index (χ0) is 11.6. The fourth-order valence-electron chi connectivity index (χ4n) is 0.965. The Bertz CT molecular complexity index is 372. The van der Waals surface area contributed by atoms with Gasteiger partial charge in [0.2, 0.25) is 0 Å². The molecule has 0 aliphatic carbocycles. The number of halogens is 3. The van der Waals surface area contributed by atoms with Crippen LogP contribution in [0.5, 0.6) is 0 Å². The van der Waals surface area contributed by atoms with Crippen LogP contribution < -0.4 is 5.73 Å². The molecule has 2 N–H and O–H groups in total. The number of hydrogen-bond donors (Lipinski definition) is 1. The van der Waals surface area contributed by atoms with Crippen molar-refractivity contribution in [2.75, 3.05) is 12.8 Å². The minimum atomic E-state index is -4.41. The Labute approximate surface area is 82.6 Å². The first-order valence-corrected chi connectivity index (χ1v) is 3.81. The minimum absolute atomic E-state index is 0.318. The monoisotopic (exact) mass is 223 g/mol. The number of anilines is 1. The van der Waals surface area contributed by atoms with Crippen molar-refractivity contribution in [3.8, 4) is 0 Å². The molecule has 0 aliphatic heterocycles. The molecule has 0 atom stereocenters. The van der Waals surface area contributed by atoms with Crippen LogP contribution in [-0.4, -0.2) is 28.8 Å². The molecule has 8 heteroatoms. The Kier molecular flexibility index (Phi) is 2.87. The molecule has 0 bridgehead atoms. The van der Waals surface area contributed by atoms with Crippen molar-refractivity contribution in [3.63, 3.8) is 0 Å². The third kappa shape index (κ3) is 2.61. The van der Waals surface area contributed by atoms with Gasteiger partial charge in [0.1, 0.15) is 12.4 Å². The maximum atomic E-state index is 12.0. The lowest BCUT2D eigenvalue weighted by atomic mass is 10.4. The lowest BCUT2D eigenvalue weighted by Crippen LogP contribution is -2.19. The van der Waals surface area contributed by atoms with E-state index < -0.39 is 18.7 Å². The lowest BCUT2D eigenvalue weighted by molar-refractivity contribution is -0.140. The van der Waals surface area contributed by atoms with Gasteiger partial charge in [0.15, 0.2) is 5.69 Å². The summed E-state index contributed by atoms with van der Waals surface area (Å²) in [6, 6.07) is 0. The van der Waals surface area contributed by atoms with Gasteiger partial charge in [-0.15, -0.1) is 0 Å². The fourth-order valence-corrected chi connectivity index (χ4v) is 0.965. The van der Waals surface area contributed by atoms with E-state index in [-0.39, 0.29) is 11.5 Å². The number of methoxy groups -OCH3 is 1. The zero-order valence-corrected chi connectivity index (χ0v) is 7.71. The number of nitrogen functional groups attached to an aromatic ring is 1. The van der Waals surface area contributed by atoms with Gasteiger partial charge < -0.3 is 15.0 Å². The Morgan fingerprint density at radius 1 is 1.67 bits per heavy atom. The van der Waals surface area contributed by atoms with Gasteiger partial charge in [0.25, 0.3) is 0 Å². The summed E-state index contributed by atoms with van der Waals surface area (Å²) in [7, 11) is 1.09. The van der Waals surface area contributed by atoms with Crippen LogP contribution in [0.3, 0.4) is 0 Å². The quantitative estimate of drug-likeness (QED) is 0.753. The summed E-state index contributed by atoms with van der Waals surface area (Å²) < 4.78 is 40.9.